The molecule has 1 saturated heterocycles. The van der Waals surface area contributed by atoms with Gasteiger partial charge < -0.3 is 9.80 Å². The minimum atomic E-state index is 0.349. The average molecular weight is 251 g/mol. The molecular formula is C14H19ClN2. The van der Waals surface area contributed by atoms with E-state index in [9.17, 15) is 0 Å². The highest BCUT2D eigenvalue weighted by atomic mass is 35.5. The lowest BCUT2D eigenvalue weighted by molar-refractivity contribution is 0.197. The summed E-state index contributed by atoms with van der Waals surface area (Å²) in [4.78, 5) is 4.76. The molecule has 0 saturated carbocycles. The predicted molar refractivity (Wildman–Crippen MR) is 73.1 cm³/mol. The first-order chi connectivity index (χ1) is 8.12. The summed E-state index contributed by atoms with van der Waals surface area (Å²) in [5.74, 6) is 0. The fraction of sp³-hybridized carbons (Fsp3) is 0.571. The number of rotatable bonds is 0. The molecule has 2 heterocycles. The Morgan fingerprint density at radius 2 is 1.88 bits per heavy atom. The van der Waals surface area contributed by atoms with Crippen LogP contribution in [0.15, 0.2) is 18.2 Å². The van der Waals surface area contributed by atoms with Gasteiger partial charge >= 0.3 is 0 Å². The predicted octanol–water partition coefficient (Wildman–Crippen LogP) is 2.75. The van der Waals surface area contributed by atoms with E-state index in [4.69, 9.17) is 11.6 Å². The summed E-state index contributed by atoms with van der Waals surface area (Å²) >= 11 is 6.34. The van der Waals surface area contributed by atoms with Gasteiger partial charge in [-0.1, -0.05) is 23.7 Å². The van der Waals surface area contributed by atoms with Gasteiger partial charge in [0.15, 0.2) is 0 Å². The van der Waals surface area contributed by atoms with Gasteiger partial charge in [-0.3, -0.25) is 0 Å². The Morgan fingerprint density at radius 3 is 2.59 bits per heavy atom. The van der Waals surface area contributed by atoms with Crippen LogP contribution in [0.3, 0.4) is 0 Å². The largest absolute Gasteiger partial charge is 0.372 e. The molecule has 3 rings (SSSR count). The average Bonchev–Trinajstić information content (AvgIpc) is 2.58. The van der Waals surface area contributed by atoms with Crippen LogP contribution < -0.4 is 4.90 Å². The first-order valence-corrected chi connectivity index (χ1v) is 6.69. The number of hydrogen-bond acceptors (Lipinski definition) is 2. The van der Waals surface area contributed by atoms with Crippen LogP contribution in [0.25, 0.3) is 0 Å². The SMILES string of the molecule is CN1CCC2(CC1)CN(C)c1c(Cl)cccc12. The molecule has 17 heavy (non-hydrogen) atoms. The number of fused-ring (bicyclic) bond motifs is 2. The lowest BCUT2D eigenvalue weighted by Crippen LogP contribution is -2.43. The van der Waals surface area contributed by atoms with Gasteiger partial charge in [0.25, 0.3) is 0 Å². The van der Waals surface area contributed by atoms with Crippen LogP contribution in [0.4, 0.5) is 5.69 Å². The number of piperidine rings is 1. The monoisotopic (exact) mass is 250 g/mol. The highest BCUT2D eigenvalue weighted by Crippen LogP contribution is 2.48. The van der Waals surface area contributed by atoms with Crippen molar-refractivity contribution in [3.05, 3.63) is 28.8 Å². The number of likely N-dealkylation sites (tertiary alicyclic amines) is 1. The zero-order valence-electron chi connectivity index (χ0n) is 10.5. The van der Waals surface area contributed by atoms with Gasteiger partial charge in [0.2, 0.25) is 0 Å². The van der Waals surface area contributed by atoms with Crippen molar-refractivity contribution in [1.82, 2.24) is 4.90 Å². The lowest BCUT2D eigenvalue weighted by atomic mass is 9.74. The Balaban J connectivity index is 2.04. The van der Waals surface area contributed by atoms with E-state index >= 15 is 0 Å². The molecule has 0 unspecified atom stereocenters. The number of likely N-dealkylation sites (N-methyl/N-ethyl adjacent to an activating group) is 1. The van der Waals surface area contributed by atoms with Crippen LogP contribution in [0.1, 0.15) is 18.4 Å². The van der Waals surface area contributed by atoms with E-state index in [1.807, 2.05) is 6.07 Å². The first kappa shape index (κ1) is 11.4. The normalized spacial score (nSPS) is 23.1. The molecule has 1 aromatic carbocycles. The highest BCUT2D eigenvalue weighted by Gasteiger charge is 2.43. The minimum Gasteiger partial charge on any atom is -0.372 e. The van der Waals surface area contributed by atoms with Crippen molar-refractivity contribution in [3.8, 4) is 0 Å². The zero-order valence-corrected chi connectivity index (χ0v) is 11.3. The molecule has 0 N–H and O–H groups in total. The summed E-state index contributed by atoms with van der Waals surface area (Å²) in [5.41, 5.74) is 3.08. The summed E-state index contributed by atoms with van der Waals surface area (Å²) in [6, 6.07) is 6.38. The van der Waals surface area contributed by atoms with Crippen molar-refractivity contribution in [2.24, 2.45) is 0 Å². The first-order valence-electron chi connectivity index (χ1n) is 6.31. The molecule has 1 aromatic rings. The van der Waals surface area contributed by atoms with E-state index < -0.39 is 0 Å². The quantitative estimate of drug-likeness (QED) is 0.699. The van der Waals surface area contributed by atoms with Crippen LogP contribution >= 0.6 is 11.6 Å². The topological polar surface area (TPSA) is 6.48 Å². The van der Waals surface area contributed by atoms with Crippen molar-refractivity contribution in [2.75, 3.05) is 38.6 Å². The van der Waals surface area contributed by atoms with Crippen LogP contribution in [0.5, 0.6) is 0 Å². The minimum absolute atomic E-state index is 0.349. The van der Waals surface area contributed by atoms with Crippen LogP contribution in [0, 0.1) is 0 Å². The summed E-state index contributed by atoms with van der Waals surface area (Å²) < 4.78 is 0. The second-order valence-electron chi connectivity index (χ2n) is 5.58. The van der Waals surface area contributed by atoms with Gasteiger partial charge in [0.1, 0.15) is 0 Å². The van der Waals surface area contributed by atoms with Gasteiger partial charge in [-0.2, -0.15) is 0 Å². The molecule has 0 amide bonds. The van der Waals surface area contributed by atoms with Gasteiger partial charge in [0.05, 0.1) is 10.7 Å². The van der Waals surface area contributed by atoms with Crippen molar-refractivity contribution in [1.29, 1.82) is 0 Å². The Kier molecular flexibility index (Phi) is 2.60. The third kappa shape index (κ3) is 1.66. The second kappa shape index (κ2) is 3.89. The molecular weight excluding hydrogens is 232 g/mol. The van der Waals surface area contributed by atoms with Crippen LogP contribution in [-0.2, 0) is 5.41 Å². The third-order valence-corrected chi connectivity index (χ3v) is 4.73. The van der Waals surface area contributed by atoms with Crippen molar-refractivity contribution < 1.29 is 0 Å². The van der Waals surface area contributed by atoms with Gasteiger partial charge in [-0.15, -0.1) is 0 Å². The van der Waals surface area contributed by atoms with Crippen molar-refractivity contribution >= 4 is 17.3 Å². The van der Waals surface area contributed by atoms with E-state index in [1.54, 1.807) is 0 Å². The number of para-hydroxylation sites is 1. The Morgan fingerprint density at radius 1 is 1.18 bits per heavy atom. The van der Waals surface area contributed by atoms with Gasteiger partial charge in [-0.05, 0) is 44.6 Å². The molecule has 0 aromatic heterocycles. The highest BCUT2D eigenvalue weighted by molar-refractivity contribution is 6.33. The number of nitrogens with zero attached hydrogens (tertiary/aromatic N) is 2. The summed E-state index contributed by atoms with van der Waals surface area (Å²) in [7, 11) is 4.38. The van der Waals surface area contributed by atoms with Crippen molar-refractivity contribution in [2.45, 2.75) is 18.3 Å². The zero-order chi connectivity index (χ0) is 12.0. The summed E-state index contributed by atoms with van der Waals surface area (Å²) in [6.45, 7) is 3.51. The molecule has 1 spiro atoms. The third-order valence-electron chi connectivity index (χ3n) is 4.42. The molecule has 2 nitrogen and oxygen atoms in total. The maximum absolute atomic E-state index is 6.34. The van der Waals surface area contributed by atoms with Gasteiger partial charge in [-0.25, -0.2) is 0 Å². The molecule has 92 valence electrons. The number of hydrogen-bond donors (Lipinski definition) is 0. The standard InChI is InChI=1S/C14H19ClN2/c1-16-8-6-14(7-9-16)10-17(2)13-11(14)4-3-5-12(13)15/h3-5H,6-10H2,1-2H3. The smallest absolute Gasteiger partial charge is 0.0642 e. The Bertz CT molecular complexity index is 436. The molecule has 0 radical (unpaired) electrons. The molecule has 0 bridgehead atoms. The number of benzene rings is 1. The van der Waals surface area contributed by atoms with E-state index in [-0.39, 0.29) is 0 Å². The van der Waals surface area contributed by atoms with E-state index in [0.29, 0.717) is 5.41 Å². The van der Waals surface area contributed by atoms with Crippen molar-refractivity contribution in [3.63, 3.8) is 0 Å². The lowest BCUT2D eigenvalue weighted by Gasteiger charge is -2.38. The van der Waals surface area contributed by atoms with E-state index in [2.05, 4.69) is 36.0 Å². The van der Waals surface area contributed by atoms with Crippen LogP contribution in [-0.4, -0.2) is 38.6 Å². The molecule has 2 aliphatic rings. The molecule has 0 atom stereocenters. The number of halogens is 1. The molecule has 2 aliphatic heterocycles. The Hall–Kier alpha value is -0.730. The summed E-state index contributed by atoms with van der Waals surface area (Å²) in [6.07, 6.45) is 2.50. The summed E-state index contributed by atoms with van der Waals surface area (Å²) in [5, 5.41) is 0.904. The van der Waals surface area contributed by atoms with E-state index in [1.165, 1.54) is 37.2 Å². The maximum atomic E-state index is 6.34. The fourth-order valence-corrected chi connectivity index (χ4v) is 3.74. The van der Waals surface area contributed by atoms with E-state index in [0.717, 1.165) is 11.6 Å². The second-order valence-corrected chi connectivity index (χ2v) is 5.98. The molecule has 0 aliphatic carbocycles. The van der Waals surface area contributed by atoms with Crippen LogP contribution in [0.2, 0.25) is 5.02 Å². The Labute approximate surface area is 108 Å². The fourth-order valence-electron chi connectivity index (χ4n) is 3.42. The number of anilines is 1. The van der Waals surface area contributed by atoms with Gasteiger partial charge in [0, 0.05) is 19.0 Å². The molecule has 3 heteroatoms. The maximum Gasteiger partial charge on any atom is 0.0642 e. The molecule has 1 fully saturated rings.